The molecule has 2 N–H and O–H groups in total. The van der Waals surface area contributed by atoms with Crippen LogP contribution in [0.25, 0.3) is 0 Å². The van der Waals surface area contributed by atoms with Crippen LogP contribution in [0.4, 0.5) is 0 Å². The van der Waals surface area contributed by atoms with Crippen LogP contribution in [0, 0.1) is 0 Å². The summed E-state index contributed by atoms with van der Waals surface area (Å²) in [4.78, 5) is 13.3. The first kappa shape index (κ1) is 19.6. The maximum Gasteiger partial charge on any atom is 0.252 e. The first-order valence-corrected chi connectivity index (χ1v) is 9.57. The van der Waals surface area contributed by atoms with Crippen molar-refractivity contribution in [3.05, 3.63) is 58.6 Å². The number of aliphatic hydroxyl groups is 1. The molecule has 2 aromatic carbocycles. The Morgan fingerprint density at radius 1 is 1.28 bits per heavy atom. The Kier molecular flexibility index (Phi) is 7.17. The monoisotopic (exact) mass is 379 g/mol. The number of thioether (sulfide) groups is 1. The zero-order valence-corrected chi connectivity index (χ0v) is 16.0. The molecule has 2 aromatic rings. The highest BCUT2D eigenvalue weighted by molar-refractivity contribution is 7.98. The van der Waals surface area contributed by atoms with E-state index in [1.54, 1.807) is 24.3 Å². The van der Waals surface area contributed by atoms with Crippen molar-refractivity contribution in [1.29, 1.82) is 0 Å². The van der Waals surface area contributed by atoms with E-state index in [0.717, 1.165) is 4.90 Å². The SMILES string of the molecule is CSc1ccc(Cl)c(C(=O)NCC(O)c2cccc(OC(C)C)c2)c1. The number of aliphatic hydroxyl groups excluding tert-OH is 1. The third-order valence-electron chi connectivity index (χ3n) is 3.49. The summed E-state index contributed by atoms with van der Waals surface area (Å²) in [6, 6.07) is 12.5. The van der Waals surface area contributed by atoms with Gasteiger partial charge in [0.1, 0.15) is 5.75 Å². The fourth-order valence-corrected chi connectivity index (χ4v) is 2.92. The predicted molar refractivity (Wildman–Crippen MR) is 103 cm³/mol. The topological polar surface area (TPSA) is 58.6 Å². The summed E-state index contributed by atoms with van der Waals surface area (Å²) >= 11 is 7.64. The average Bonchev–Trinajstić information content (AvgIpc) is 2.59. The molecule has 0 bridgehead atoms. The van der Waals surface area contributed by atoms with Gasteiger partial charge in [-0.05, 0) is 56.0 Å². The lowest BCUT2D eigenvalue weighted by Gasteiger charge is -2.15. The van der Waals surface area contributed by atoms with Gasteiger partial charge in [-0.1, -0.05) is 23.7 Å². The van der Waals surface area contributed by atoms with Gasteiger partial charge in [-0.3, -0.25) is 4.79 Å². The van der Waals surface area contributed by atoms with Crippen LogP contribution in [0.5, 0.6) is 5.75 Å². The molecule has 4 nitrogen and oxygen atoms in total. The summed E-state index contributed by atoms with van der Waals surface area (Å²) in [7, 11) is 0. The molecule has 0 aliphatic carbocycles. The molecular weight excluding hydrogens is 358 g/mol. The van der Waals surface area contributed by atoms with Crippen molar-refractivity contribution in [1.82, 2.24) is 5.32 Å². The minimum absolute atomic E-state index is 0.0537. The number of rotatable bonds is 7. The number of ether oxygens (including phenoxy) is 1. The van der Waals surface area contributed by atoms with E-state index in [1.807, 2.05) is 38.3 Å². The lowest BCUT2D eigenvalue weighted by molar-refractivity contribution is 0.0916. The Morgan fingerprint density at radius 3 is 2.72 bits per heavy atom. The number of hydrogen-bond acceptors (Lipinski definition) is 4. The van der Waals surface area contributed by atoms with Crippen molar-refractivity contribution in [2.24, 2.45) is 0 Å². The normalized spacial score (nSPS) is 12.1. The fraction of sp³-hybridized carbons (Fsp3) is 0.316. The Morgan fingerprint density at radius 2 is 2.04 bits per heavy atom. The average molecular weight is 380 g/mol. The Bertz CT molecular complexity index is 736. The molecule has 25 heavy (non-hydrogen) atoms. The molecule has 1 unspecified atom stereocenters. The fourth-order valence-electron chi connectivity index (χ4n) is 2.28. The van der Waals surface area contributed by atoms with Crippen molar-refractivity contribution >= 4 is 29.3 Å². The van der Waals surface area contributed by atoms with E-state index in [2.05, 4.69) is 5.32 Å². The van der Waals surface area contributed by atoms with Crippen LogP contribution in [0.1, 0.15) is 35.9 Å². The van der Waals surface area contributed by atoms with Crippen LogP contribution >= 0.6 is 23.4 Å². The number of carbonyl (C=O) groups is 1. The van der Waals surface area contributed by atoms with Gasteiger partial charge in [0.05, 0.1) is 22.8 Å². The minimum atomic E-state index is -0.831. The van der Waals surface area contributed by atoms with Gasteiger partial charge in [0, 0.05) is 11.4 Å². The number of amides is 1. The zero-order chi connectivity index (χ0) is 18.4. The van der Waals surface area contributed by atoms with Crippen LogP contribution in [0.15, 0.2) is 47.4 Å². The van der Waals surface area contributed by atoms with Gasteiger partial charge < -0.3 is 15.2 Å². The van der Waals surface area contributed by atoms with Gasteiger partial charge in [0.25, 0.3) is 5.91 Å². The van der Waals surface area contributed by atoms with Gasteiger partial charge in [-0.15, -0.1) is 11.8 Å². The Hall–Kier alpha value is -1.69. The molecule has 6 heteroatoms. The smallest absolute Gasteiger partial charge is 0.252 e. The molecular formula is C19H22ClNO3S. The maximum atomic E-state index is 12.3. The molecule has 0 aliphatic rings. The molecule has 0 heterocycles. The summed E-state index contributed by atoms with van der Waals surface area (Å²) in [6.07, 6.45) is 1.15. The van der Waals surface area contributed by atoms with Crippen molar-refractivity contribution in [2.75, 3.05) is 12.8 Å². The van der Waals surface area contributed by atoms with Crippen LogP contribution in [0.3, 0.4) is 0 Å². The third-order valence-corrected chi connectivity index (χ3v) is 4.54. The zero-order valence-electron chi connectivity index (χ0n) is 14.5. The first-order valence-electron chi connectivity index (χ1n) is 7.97. The highest BCUT2D eigenvalue weighted by Gasteiger charge is 2.14. The summed E-state index contributed by atoms with van der Waals surface area (Å²) in [5.74, 6) is 0.378. The van der Waals surface area contributed by atoms with Crippen LogP contribution in [-0.2, 0) is 0 Å². The maximum absolute atomic E-state index is 12.3. The molecule has 0 saturated heterocycles. The van der Waals surface area contributed by atoms with Crippen LogP contribution in [0.2, 0.25) is 5.02 Å². The van der Waals surface area contributed by atoms with Gasteiger partial charge >= 0.3 is 0 Å². The van der Waals surface area contributed by atoms with Crippen molar-refractivity contribution in [3.8, 4) is 5.75 Å². The van der Waals surface area contributed by atoms with E-state index in [-0.39, 0.29) is 18.6 Å². The lowest BCUT2D eigenvalue weighted by atomic mass is 10.1. The second kappa shape index (κ2) is 9.13. The molecule has 1 amide bonds. The van der Waals surface area contributed by atoms with E-state index in [0.29, 0.717) is 21.9 Å². The number of nitrogens with one attached hydrogen (secondary N) is 1. The van der Waals surface area contributed by atoms with E-state index in [9.17, 15) is 9.90 Å². The Balaban J connectivity index is 2.02. The number of benzene rings is 2. The lowest BCUT2D eigenvalue weighted by Crippen LogP contribution is -2.28. The molecule has 0 fully saturated rings. The summed E-state index contributed by atoms with van der Waals surface area (Å²) in [6.45, 7) is 3.97. The second-order valence-electron chi connectivity index (χ2n) is 5.81. The summed E-state index contributed by atoms with van der Waals surface area (Å²) < 4.78 is 5.62. The summed E-state index contributed by atoms with van der Waals surface area (Å²) in [5, 5.41) is 13.4. The number of carbonyl (C=O) groups excluding carboxylic acids is 1. The van der Waals surface area contributed by atoms with E-state index in [1.165, 1.54) is 11.8 Å². The van der Waals surface area contributed by atoms with Gasteiger partial charge in [-0.2, -0.15) is 0 Å². The largest absolute Gasteiger partial charge is 0.491 e. The van der Waals surface area contributed by atoms with Crippen LogP contribution < -0.4 is 10.1 Å². The summed E-state index contributed by atoms with van der Waals surface area (Å²) in [5.41, 5.74) is 1.08. The van der Waals surface area contributed by atoms with Gasteiger partial charge in [0.15, 0.2) is 0 Å². The van der Waals surface area contributed by atoms with E-state index in [4.69, 9.17) is 16.3 Å². The van der Waals surface area contributed by atoms with Crippen molar-refractivity contribution in [3.63, 3.8) is 0 Å². The third kappa shape index (κ3) is 5.66. The van der Waals surface area contributed by atoms with Gasteiger partial charge in [0.2, 0.25) is 0 Å². The molecule has 2 rings (SSSR count). The Labute approximate surface area is 157 Å². The molecule has 1 atom stereocenters. The highest BCUT2D eigenvalue weighted by atomic mass is 35.5. The van der Waals surface area contributed by atoms with Gasteiger partial charge in [-0.25, -0.2) is 0 Å². The van der Waals surface area contributed by atoms with E-state index >= 15 is 0 Å². The highest BCUT2D eigenvalue weighted by Crippen LogP contribution is 2.23. The number of hydrogen-bond donors (Lipinski definition) is 2. The van der Waals surface area contributed by atoms with Crippen molar-refractivity contribution in [2.45, 2.75) is 31.0 Å². The number of halogens is 1. The van der Waals surface area contributed by atoms with E-state index < -0.39 is 6.10 Å². The van der Waals surface area contributed by atoms with Crippen LogP contribution in [-0.4, -0.2) is 29.9 Å². The standard InChI is InChI=1S/C19H22ClNO3S/c1-12(2)24-14-6-4-5-13(9-14)18(22)11-21-19(23)16-10-15(25-3)7-8-17(16)20/h4-10,12,18,22H,11H2,1-3H3,(H,21,23). The quantitative estimate of drug-likeness (QED) is 0.703. The minimum Gasteiger partial charge on any atom is -0.491 e. The van der Waals surface area contributed by atoms with Crippen molar-refractivity contribution < 1.29 is 14.6 Å². The molecule has 0 aliphatic heterocycles. The molecule has 134 valence electrons. The molecule has 0 aromatic heterocycles. The molecule has 0 radical (unpaired) electrons. The second-order valence-corrected chi connectivity index (χ2v) is 7.10. The first-order chi connectivity index (χ1) is 11.9. The molecule has 0 saturated carbocycles. The predicted octanol–water partition coefficient (Wildman–Crippen LogP) is 4.31. The molecule has 0 spiro atoms.